The lowest BCUT2D eigenvalue weighted by molar-refractivity contribution is 0.0827. The van der Waals surface area contributed by atoms with Crippen molar-refractivity contribution in [2.75, 3.05) is 27.7 Å². The number of nitrogens with zero attached hydrogens (tertiary/aromatic N) is 2. The number of carbonyl (C=O) groups is 1. The molecule has 0 bridgehead atoms. The lowest BCUT2D eigenvalue weighted by atomic mass is 10.00. The Hall–Kier alpha value is -3.31. The van der Waals surface area contributed by atoms with Crippen LogP contribution in [-0.2, 0) is 13.0 Å². The van der Waals surface area contributed by atoms with Crippen LogP contribution in [0, 0.1) is 0 Å². The second-order valence-electron chi connectivity index (χ2n) is 7.67. The molecule has 0 unspecified atom stereocenters. The number of guanidine groups is 1. The summed E-state index contributed by atoms with van der Waals surface area (Å²) in [4.78, 5) is 18.1. The molecule has 0 heterocycles. The van der Waals surface area contributed by atoms with Crippen molar-refractivity contribution in [3.63, 3.8) is 0 Å². The molecule has 3 rings (SSSR count). The van der Waals surface area contributed by atoms with Crippen molar-refractivity contribution in [3.05, 3.63) is 94.5 Å². The van der Waals surface area contributed by atoms with Crippen LogP contribution in [0.4, 0.5) is 0 Å². The number of benzene rings is 3. The predicted octanol–water partition coefficient (Wildman–Crippen LogP) is 4.62. The summed E-state index contributed by atoms with van der Waals surface area (Å²) in [7, 11) is 5.28. The van der Waals surface area contributed by atoms with Crippen LogP contribution in [0.1, 0.15) is 21.5 Å². The molecule has 0 radical (unpaired) electrons. The Kier molecular flexibility index (Phi) is 8.28. The molecule has 0 aliphatic carbocycles. The summed E-state index contributed by atoms with van der Waals surface area (Å²) in [5, 5.41) is 7.47. The van der Waals surface area contributed by atoms with E-state index in [1.165, 1.54) is 5.56 Å². The van der Waals surface area contributed by atoms with Crippen LogP contribution in [0.25, 0.3) is 11.1 Å². The molecule has 0 aliphatic heterocycles. The van der Waals surface area contributed by atoms with Gasteiger partial charge in [-0.1, -0.05) is 60.1 Å². The van der Waals surface area contributed by atoms with Gasteiger partial charge in [-0.05, 0) is 52.9 Å². The molecule has 0 spiro atoms. The molecule has 0 saturated heterocycles. The molecule has 3 aromatic rings. The second kappa shape index (κ2) is 11.3. The van der Waals surface area contributed by atoms with E-state index in [9.17, 15) is 4.79 Å². The fraction of sp³-hybridized carbons (Fsp3) is 0.231. The van der Waals surface area contributed by atoms with Gasteiger partial charge in [-0.2, -0.15) is 0 Å². The molecular weight excluding hydrogens is 420 g/mol. The number of nitrogens with one attached hydrogen (secondary N) is 2. The average Bonchev–Trinajstić information content (AvgIpc) is 2.81. The van der Waals surface area contributed by atoms with Crippen molar-refractivity contribution in [3.8, 4) is 11.1 Å². The number of aliphatic imine (C=N–C) groups is 1. The van der Waals surface area contributed by atoms with Gasteiger partial charge >= 0.3 is 0 Å². The monoisotopic (exact) mass is 448 g/mol. The summed E-state index contributed by atoms with van der Waals surface area (Å²) in [6.07, 6.45) is 0.788. The number of rotatable bonds is 7. The molecule has 6 heteroatoms. The Labute approximate surface area is 195 Å². The molecule has 3 aromatic carbocycles. The average molecular weight is 449 g/mol. The van der Waals surface area contributed by atoms with E-state index in [1.807, 2.05) is 60.7 Å². The minimum atomic E-state index is 0.0108. The van der Waals surface area contributed by atoms with Gasteiger partial charge in [0.15, 0.2) is 5.96 Å². The van der Waals surface area contributed by atoms with E-state index in [1.54, 1.807) is 26.0 Å². The van der Waals surface area contributed by atoms with Crippen LogP contribution in [-0.4, -0.2) is 44.5 Å². The maximum Gasteiger partial charge on any atom is 0.253 e. The molecule has 166 valence electrons. The molecule has 0 aliphatic rings. The first-order valence-electron chi connectivity index (χ1n) is 10.6. The first-order valence-corrected chi connectivity index (χ1v) is 10.9. The van der Waals surface area contributed by atoms with Gasteiger partial charge in [-0.25, -0.2) is 0 Å². The van der Waals surface area contributed by atoms with E-state index in [0.29, 0.717) is 18.7 Å². The zero-order valence-corrected chi connectivity index (χ0v) is 19.5. The summed E-state index contributed by atoms with van der Waals surface area (Å²) in [6.45, 7) is 1.35. The van der Waals surface area contributed by atoms with Crippen LogP contribution < -0.4 is 10.6 Å². The highest BCUT2D eigenvalue weighted by Crippen LogP contribution is 2.25. The van der Waals surface area contributed by atoms with E-state index in [4.69, 9.17) is 11.6 Å². The van der Waals surface area contributed by atoms with Crippen molar-refractivity contribution in [2.45, 2.75) is 13.0 Å². The molecule has 1 amide bonds. The topological polar surface area (TPSA) is 56.7 Å². The van der Waals surface area contributed by atoms with E-state index in [0.717, 1.165) is 34.1 Å². The molecule has 0 saturated carbocycles. The maximum atomic E-state index is 12.2. The quantitative estimate of drug-likeness (QED) is 0.409. The fourth-order valence-corrected chi connectivity index (χ4v) is 3.55. The number of halogens is 1. The van der Waals surface area contributed by atoms with Gasteiger partial charge in [0.05, 0.1) is 0 Å². The van der Waals surface area contributed by atoms with Gasteiger partial charge in [0, 0.05) is 44.8 Å². The third-order valence-electron chi connectivity index (χ3n) is 5.13. The standard InChI is InChI=1S/C26H29ClN4O/c1-28-26(29-16-15-19-7-6-9-21(17-19)25(32)31(2)3)30-18-22-8-4-5-10-24(22)20-11-13-23(27)14-12-20/h4-14,17H,15-16,18H2,1-3H3,(H2,28,29,30). The number of hydrogen-bond acceptors (Lipinski definition) is 2. The molecule has 0 fully saturated rings. The smallest absolute Gasteiger partial charge is 0.253 e. The first-order chi connectivity index (χ1) is 15.5. The van der Waals surface area contributed by atoms with Crippen molar-refractivity contribution in [2.24, 2.45) is 4.99 Å². The predicted molar refractivity (Wildman–Crippen MR) is 133 cm³/mol. The Balaban J connectivity index is 1.57. The Bertz CT molecular complexity index is 1080. The van der Waals surface area contributed by atoms with Crippen molar-refractivity contribution >= 4 is 23.5 Å². The van der Waals surface area contributed by atoms with Crippen LogP contribution in [0.5, 0.6) is 0 Å². The van der Waals surface area contributed by atoms with E-state index in [2.05, 4.69) is 27.8 Å². The summed E-state index contributed by atoms with van der Waals surface area (Å²) in [5.74, 6) is 0.744. The lowest BCUT2D eigenvalue weighted by Crippen LogP contribution is -2.38. The first kappa shape index (κ1) is 23.4. The van der Waals surface area contributed by atoms with Gasteiger partial charge in [-0.15, -0.1) is 0 Å². The van der Waals surface area contributed by atoms with Crippen LogP contribution >= 0.6 is 11.6 Å². The van der Waals surface area contributed by atoms with Crippen molar-refractivity contribution in [1.82, 2.24) is 15.5 Å². The van der Waals surface area contributed by atoms with E-state index >= 15 is 0 Å². The largest absolute Gasteiger partial charge is 0.356 e. The van der Waals surface area contributed by atoms with Gasteiger partial charge in [0.25, 0.3) is 5.91 Å². The summed E-state index contributed by atoms with van der Waals surface area (Å²) in [5.41, 5.74) is 5.27. The van der Waals surface area contributed by atoms with Gasteiger partial charge in [0.2, 0.25) is 0 Å². The van der Waals surface area contributed by atoms with Crippen LogP contribution in [0.15, 0.2) is 77.8 Å². The SMILES string of the molecule is CN=C(NCCc1cccc(C(=O)N(C)C)c1)NCc1ccccc1-c1ccc(Cl)cc1. The Morgan fingerprint density at radius 1 is 0.969 bits per heavy atom. The van der Waals surface area contributed by atoms with E-state index < -0.39 is 0 Å². The zero-order valence-electron chi connectivity index (χ0n) is 18.7. The molecule has 0 aromatic heterocycles. The minimum Gasteiger partial charge on any atom is -0.356 e. The lowest BCUT2D eigenvalue weighted by Gasteiger charge is -2.15. The van der Waals surface area contributed by atoms with Crippen LogP contribution in [0.3, 0.4) is 0 Å². The highest BCUT2D eigenvalue weighted by atomic mass is 35.5. The highest BCUT2D eigenvalue weighted by Gasteiger charge is 2.09. The second-order valence-corrected chi connectivity index (χ2v) is 8.10. The maximum absolute atomic E-state index is 12.2. The third-order valence-corrected chi connectivity index (χ3v) is 5.38. The summed E-state index contributed by atoms with van der Waals surface area (Å²) >= 11 is 6.04. The van der Waals surface area contributed by atoms with Gasteiger partial charge < -0.3 is 15.5 Å². The molecule has 5 nitrogen and oxygen atoms in total. The number of amides is 1. The van der Waals surface area contributed by atoms with Crippen molar-refractivity contribution < 1.29 is 4.79 Å². The van der Waals surface area contributed by atoms with Gasteiger partial charge in [0.1, 0.15) is 0 Å². The third kappa shape index (κ3) is 6.34. The minimum absolute atomic E-state index is 0.0108. The Morgan fingerprint density at radius 3 is 2.44 bits per heavy atom. The zero-order chi connectivity index (χ0) is 22.9. The molecular formula is C26H29ClN4O. The number of carbonyl (C=O) groups excluding carboxylic acids is 1. The summed E-state index contributed by atoms with van der Waals surface area (Å²) in [6, 6.07) is 23.9. The highest BCUT2D eigenvalue weighted by molar-refractivity contribution is 6.30. The normalized spacial score (nSPS) is 11.2. The number of hydrogen-bond donors (Lipinski definition) is 2. The molecule has 0 atom stereocenters. The van der Waals surface area contributed by atoms with Crippen molar-refractivity contribution in [1.29, 1.82) is 0 Å². The van der Waals surface area contributed by atoms with Crippen LogP contribution in [0.2, 0.25) is 5.02 Å². The van der Waals surface area contributed by atoms with Gasteiger partial charge in [-0.3, -0.25) is 9.79 Å². The Morgan fingerprint density at radius 2 is 1.72 bits per heavy atom. The molecule has 2 N–H and O–H groups in total. The van der Waals surface area contributed by atoms with E-state index in [-0.39, 0.29) is 5.91 Å². The molecule has 32 heavy (non-hydrogen) atoms. The summed E-state index contributed by atoms with van der Waals surface area (Å²) < 4.78 is 0. The fourth-order valence-electron chi connectivity index (χ4n) is 3.43.